The normalized spacial score (nSPS) is 12.6. The highest BCUT2D eigenvalue weighted by Gasteiger charge is 2.26. The van der Waals surface area contributed by atoms with Crippen molar-refractivity contribution in [1.82, 2.24) is 4.98 Å². The number of hydrogen-bond acceptors (Lipinski definition) is 6. The molecule has 1 heterocycles. The largest absolute Gasteiger partial charge is 0.466 e. The van der Waals surface area contributed by atoms with E-state index in [0.717, 1.165) is 0 Å². The van der Waals surface area contributed by atoms with Gasteiger partial charge in [-0.2, -0.15) is 5.26 Å². The number of rotatable bonds is 7. The van der Waals surface area contributed by atoms with Gasteiger partial charge in [0.05, 0.1) is 23.5 Å². The maximum absolute atomic E-state index is 11.0. The second kappa shape index (κ2) is 8.55. The van der Waals surface area contributed by atoms with E-state index in [-0.39, 0.29) is 18.2 Å². The maximum atomic E-state index is 11.0. The Morgan fingerprint density at radius 1 is 1.36 bits per heavy atom. The Labute approximate surface area is 145 Å². The highest BCUT2D eigenvalue weighted by atomic mass is 16.6. The first kappa shape index (κ1) is 18.1. The number of carbonyl (C=O) groups is 1. The SMILES string of the molecule is CC(=O)OCC[C@H](c1cccc([N+](=O)[O-])c1)[C@H](C#N)c1cccnc1. The Bertz CT molecular complexity index is 786. The summed E-state index contributed by atoms with van der Waals surface area (Å²) in [5.41, 5.74) is 1.32. The molecular weight excluding hydrogens is 322 g/mol. The third kappa shape index (κ3) is 4.85. The predicted octanol–water partition coefficient (Wildman–Crippen LogP) is 3.33. The number of hydrogen-bond donors (Lipinski definition) is 0. The molecule has 0 aliphatic heterocycles. The van der Waals surface area contributed by atoms with Crippen LogP contribution < -0.4 is 0 Å². The van der Waals surface area contributed by atoms with Crippen LogP contribution in [-0.2, 0) is 9.53 Å². The third-order valence-electron chi connectivity index (χ3n) is 3.83. The number of nitro benzene ring substituents is 1. The average molecular weight is 339 g/mol. The Morgan fingerprint density at radius 2 is 2.12 bits per heavy atom. The molecule has 0 radical (unpaired) electrons. The second-order valence-corrected chi connectivity index (χ2v) is 5.48. The summed E-state index contributed by atoms with van der Waals surface area (Å²) in [5.74, 6) is -1.34. The Kier molecular flexibility index (Phi) is 6.18. The topological polar surface area (TPSA) is 106 Å². The van der Waals surface area contributed by atoms with Gasteiger partial charge in [0.1, 0.15) is 0 Å². The van der Waals surface area contributed by atoms with Gasteiger partial charge in [0, 0.05) is 37.4 Å². The fraction of sp³-hybridized carbons (Fsp3) is 0.278. The zero-order chi connectivity index (χ0) is 18.2. The molecule has 0 bridgehead atoms. The van der Waals surface area contributed by atoms with Gasteiger partial charge >= 0.3 is 5.97 Å². The van der Waals surface area contributed by atoms with Gasteiger partial charge in [-0.3, -0.25) is 19.9 Å². The molecule has 2 atom stereocenters. The van der Waals surface area contributed by atoms with Crippen molar-refractivity contribution in [3.05, 3.63) is 70.0 Å². The van der Waals surface area contributed by atoms with E-state index < -0.39 is 16.8 Å². The van der Waals surface area contributed by atoms with Crippen LogP contribution in [0.4, 0.5) is 5.69 Å². The number of non-ortho nitro benzene ring substituents is 1. The fourth-order valence-corrected chi connectivity index (χ4v) is 2.68. The molecule has 0 aliphatic carbocycles. The number of nitriles is 1. The van der Waals surface area contributed by atoms with Gasteiger partial charge in [-0.25, -0.2) is 0 Å². The molecule has 25 heavy (non-hydrogen) atoms. The first-order valence-corrected chi connectivity index (χ1v) is 7.70. The Balaban J connectivity index is 2.38. The van der Waals surface area contributed by atoms with Crippen LogP contribution in [0.25, 0.3) is 0 Å². The Hall–Kier alpha value is -3.27. The van der Waals surface area contributed by atoms with Crippen LogP contribution in [0, 0.1) is 21.4 Å². The van der Waals surface area contributed by atoms with Crippen LogP contribution in [0.1, 0.15) is 36.3 Å². The molecule has 0 saturated carbocycles. The molecule has 2 rings (SSSR count). The van der Waals surface area contributed by atoms with Crippen LogP contribution in [0.2, 0.25) is 0 Å². The number of nitro groups is 1. The molecule has 7 heteroatoms. The molecule has 0 fully saturated rings. The molecule has 0 N–H and O–H groups in total. The number of benzene rings is 1. The lowest BCUT2D eigenvalue weighted by Gasteiger charge is -2.22. The quantitative estimate of drug-likeness (QED) is 0.435. The minimum Gasteiger partial charge on any atom is -0.466 e. The third-order valence-corrected chi connectivity index (χ3v) is 3.83. The maximum Gasteiger partial charge on any atom is 0.302 e. The van der Waals surface area contributed by atoms with Crippen LogP contribution in [-0.4, -0.2) is 22.5 Å². The molecule has 0 saturated heterocycles. The summed E-state index contributed by atoms with van der Waals surface area (Å²) >= 11 is 0. The summed E-state index contributed by atoms with van der Waals surface area (Å²) in [5, 5.41) is 20.7. The molecule has 0 spiro atoms. The van der Waals surface area contributed by atoms with Gasteiger partial charge in [-0.05, 0) is 23.6 Å². The van der Waals surface area contributed by atoms with Gasteiger partial charge in [0.15, 0.2) is 0 Å². The van der Waals surface area contributed by atoms with Gasteiger partial charge in [0.2, 0.25) is 0 Å². The molecular formula is C18H17N3O4. The minimum absolute atomic E-state index is 0.0436. The van der Waals surface area contributed by atoms with E-state index in [9.17, 15) is 20.2 Å². The molecule has 2 aromatic rings. The summed E-state index contributed by atoms with van der Waals surface area (Å²) in [6, 6.07) is 12.0. The van der Waals surface area contributed by atoms with Crippen LogP contribution in [0.3, 0.4) is 0 Å². The van der Waals surface area contributed by atoms with E-state index in [4.69, 9.17) is 4.74 Å². The van der Waals surface area contributed by atoms with Crippen molar-refractivity contribution in [3.63, 3.8) is 0 Å². The van der Waals surface area contributed by atoms with Crippen molar-refractivity contribution in [2.24, 2.45) is 0 Å². The highest BCUT2D eigenvalue weighted by molar-refractivity contribution is 5.65. The number of carbonyl (C=O) groups excluding carboxylic acids is 1. The van der Waals surface area contributed by atoms with Crippen LogP contribution in [0.5, 0.6) is 0 Å². The van der Waals surface area contributed by atoms with Crippen molar-refractivity contribution in [1.29, 1.82) is 5.26 Å². The first-order chi connectivity index (χ1) is 12.0. The highest BCUT2D eigenvalue weighted by Crippen LogP contribution is 2.36. The van der Waals surface area contributed by atoms with Crippen molar-refractivity contribution in [2.75, 3.05) is 6.61 Å². The lowest BCUT2D eigenvalue weighted by Crippen LogP contribution is -2.14. The van der Waals surface area contributed by atoms with Gasteiger partial charge in [-0.1, -0.05) is 18.2 Å². The fourth-order valence-electron chi connectivity index (χ4n) is 2.68. The molecule has 7 nitrogen and oxygen atoms in total. The summed E-state index contributed by atoms with van der Waals surface area (Å²) < 4.78 is 5.00. The first-order valence-electron chi connectivity index (χ1n) is 7.70. The monoisotopic (exact) mass is 339 g/mol. The van der Waals surface area contributed by atoms with Gasteiger partial charge in [-0.15, -0.1) is 0 Å². The van der Waals surface area contributed by atoms with Crippen molar-refractivity contribution in [3.8, 4) is 6.07 Å². The van der Waals surface area contributed by atoms with E-state index in [1.54, 1.807) is 36.7 Å². The van der Waals surface area contributed by atoms with Gasteiger partial charge in [0.25, 0.3) is 5.69 Å². The summed E-state index contributed by atoms with van der Waals surface area (Å²) in [6.07, 6.45) is 3.58. The molecule has 0 amide bonds. The van der Waals surface area contributed by atoms with Crippen LogP contribution in [0.15, 0.2) is 48.8 Å². The molecule has 0 aliphatic rings. The van der Waals surface area contributed by atoms with E-state index in [0.29, 0.717) is 17.5 Å². The number of pyridine rings is 1. The van der Waals surface area contributed by atoms with Gasteiger partial charge < -0.3 is 4.74 Å². The smallest absolute Gasteiger partial charge is 0.302 e. The van der Waals surface area contributed by atoms with Crippen molar-refractivity contribution in [2.45, 2.75) is 25.2 Å². The summed E-state index contributed by atoms with van der Waals surface area (Å²) in [6.45, 7) is 1.44. The molecule has 0 unspecified atom stereocenters. The summed E-state index contributed by atoms with van der Waals surface area (Å²) in [4.78, 5) is 25.6. The van der Waals surface area contributed by atoms with E-state index in [1.165, 1.54) is 19.1 Å². The minimum atomic E-state index is -0.564. The number of esters is 1. The molecule has 1 aromatic carbocycles. The second-order valence-electron chi connectivity index (χ2n) is 5.48. The number of ether oxygens (including phenoxy) is 1. The molecule has 1 aromatic heterocycles. The van der Waals surface area contributed by atoms with Crippen molar-refractivity contribution >= 4 is 11.7 Å². The van der Waals surface area contributed by atoms with Crippen LogP contribution >= 0.6 is 0 Å². The van der Waals surface area contributed by atoms with E-state index in [1.807, 2.05) is 0 Å². The predicted molar refractivity (Wildman–Crippen MR) is 89.7 cm³/mol. The summed E-state index contributed by atoms with van der Waals surface area (Å²) in [7, 11) is 0. The molecule has 128 valence electrons. The van der Waals surface area contributed by atoms with Crippen molar-refractivity contribution < 1.29 is 14.5 Å². The lowest BCUT2D eigenvalue weighted by molar-refractivity contribution is -0.384. The number of nitrogens with zero attached hydrogens (tertiary/aromatic N) is 3. The zero-order valence-corrected chi connectivity index (χ0v) is 13.7. The lowest BCUT2D eigenvalue weighted by atomic mass is 9.81. The van der Waals surface area contributed by atoms with E-state index in [2.05, 4.69) is 11.1 Å². The number of aromatic nitrogens is 1. The zero-order valence-electron chi connectivity index (χ0n) is 13.7. The standard InChI is InChI=1S/C18H17N3O4/c1-13(22)25-9-7-17(14-4-2-6-16(10-14)21(23)24)18(11-19)15-5-3-8-20-12-15/h2-6,8,10,12,17-18H,7,9H2,1H3/t17-,18-/m1/s1. The average Bonchev–Trinajstić information content (AvgIpc) is 2.61. The Morgan fingerprint density at radius 3 is 2.72 bits per heavy atom. The van der Waals surface area contributed by atoms with E-state index >= 15 is 0 Å².